The van der Waals surface area contributed by atoms with Crippen LogP contribution in [0.5, 0.6) is 5.75 Å². The number of fused-ring (bicyclic) bond motifs is 3. The number of hydrogen-bond donors (Lipinski definition) is 3. The van der Waals surface area contributed by atoms with Crippen LogP contribution < -0.4 is 4.90 Å². The Labute approximate surface area is 142 Å². The van der Waals surface area contributed by atoms with Crippen LogP contribution in [0.3, 0.4) is 0 Å². The highest BCUT2D eigenvalue weighted by molar-refractivity contribution is 6.03. The first-order valence-corrected chi connectivity index (χ1v) is 8.17. The molecule has 5 heteroatoms. The number of phenols is 1. The molecule has 3 N–H and O–H groups in total. The average molecular weight is 331 g/mol. The molecule has 0 aliphatic carbocycles. The lowest BCUT2D eigenvalue weighted by atomic mass is 9.80. The average Bonchev–Trinajstić information content (AvgIpc) is 2.89. The number of phenolic OH excluding ortho intramolecular Hbond substituents is 1. The van der Waals surface area contributed by atoms with Gasteiger partial charge in [-0.1, -0.05) is 19.9 Å². The standard InChI is InChI=1S/C17H19NO4.C2H6/c1-10(21)11-3-4-12-13(5-11)16-14(6-15(12)22)18(2)7-17(16,8-19)9-20;1-2/h3-6,19-20,22H,7-9H2,1-2H3;1-2H3. The van der Waals surface area contributed by atoms with E-state index in [0.29, 0.717) is 22.9 Å². The van der Waals surface area contributed by atoms with Crippen molar-refractivity contribution in [2.24, 2.45) is 0 Å². The number of likely N-dealkylation sites (N-methyl/N-ethyl adjacent to an activating group) is 1. The fraction of sp³-hybridized carbons (Fsp3) is 0.421. The van der Waals surface area contributed by atoms with Crippen molar-refractivity contribution in [2.75, 3.05) is 31.7 Å². The van der Waals surface area contributed by atoms with Crippen molar-refractivity contribution in [1.82, 2.24) is 0 Å². The molecule has 2 aromatic rings. The maximum atomic E-state index is 11.7. The third-order valence-corrected chi connectivity index (χ3v) is 4.59. The highest BCUT2D eigenvalue weighted by Gasteiger charge is 2.42. The molecule has 0 spiro atoms. The number of aromatic hydroxyl groups is 1. The van der Waals surface area contributed by atoms with E-state index in [2.05, 4.69) is 0 Å². The molecular formula is C19H25NO4. The summed E-state index contributed by atoms with van der Waals surface area (Å²) in [5, 5.41) is 31.3. The van der Waals surface area contributed by atoms with E-state index in [1.54, 1.807) is 24.3 Å². The van der Waals surface area contributed by atoms with Crippen LogP contribution in [0.25, 0.3) is 10.8 Å². The number of anilines is 1. The summed E-state index contributed by atoms with van der Waals surface area (Å²) >= 11 is 0. The number of aliphatic hydroxyl groups is 2. The lowest BCUT2D eigenvalue weighted by Crippen LogP contribution is -2.39. The van der Waals surface area contributed by atoms with Crippen molar-refractivity contribution in [3.63, 3.8) is 0 Å². The Morgan fingerprint density at radius 2 is 1.79 bits per heavy atom. The molecule has 2 aromatic carbocycles. The summed E-state index contributed by atoms with van der Waals surface area (Å²) in [6.45, 7) is 5.54. The Hall–Kier alpha value is -2.11. The normalized spacial score (nSPS) is 15.0. The van der Waals surface area contributed by atoms with E-state index in [1.807, 2.05) is 25.8 Å². The molecule has 0 saturated carbocycles. The van der Waals surface area contributed by atoms with Crippen LogP contribution in [0, 0.1) is 0 Å². The lowest BCUT2D eigenvalue weighted by Gasteiger charge is -2.26. The van der Waals surface area contributed by atoms with E-state index in [-0.39, 0.29) is 24.7 Å². The molecule has 24 heavy (non-hydrogen) atoms. The van der Waals surface area contributed by atoms with E-state index in [4.69, 9.17) is 0 Å². The molecule has 1 heterocycles. The van der Waals surface area contributed by atoms with Gasteiger partial charge in [-0.2, -0.15) is 0 Å². The van der Waals surface area contributed by atoms with Crippen LogP contribution in [0.2, 0.25) is 0 Å². The first kappa shape index (κ1) is 18.2. The van der Waals surface area contributed by atoms with Gasteiger partial charge < -0.3 is 20.2 Å². The second-order valence-electron chi connectivity index (χ2n) is 6.06. The molecule has 0 saturated heterocycles. The number of carbonyl (C=O) groups is 1. The lowest BCUT2D eigenvalue weighted by molar-refractivity contribution is 0.101. The van der Waals surface area contributed by atoms with Gasteiger partial charge in [0.1, 0.15) is 5.75 Å². The monoisotopic (exact) mass is 331 g/mol. The van der Waals surface area contributed by atoms with Gasteiger partial charge in [0.05, 0.1) is 18.6 Å². The van der Waals surface area contributed by atoms with Gasteiger partial charge in [0.15, 0.2) is 5.78 Å². The second kappa shape index (κ2) is 6.79. The Balaban J connectivity index is 0.00000100. The van der Waals surface area contributed by atoms with Crippen molar-refractivity contribution < 1.29 is 20.1 Å². The quantitative estimate of drug-likeness (QED) is 0.753. The highest BCUT2D eigenvalue weighted by Crippen LogP contribution is 2.47. The molecule has 0 bridgehead atoms. The topological polar surface area (TPSA) is 81.0 Å². The van der Waals surface area contributed by atoms with Crippen molar-refractivity contribution >= 4 is 22.2 Å². The molecule has 130 valence electrons. The Bertz CT molecular complexity index is 766. The molecule has 0 aromatic heterocycles. The van der Waals surface area contributed by atoms with E-state index in [0.717, 1.165) is 11.3 Å². The number of aliphatic hydroxyl groups excluding tert-OH is 2. The fourth-order valence-electron chi connectivity index (χ4n) is 3.40. The molecule has 1 aliphatic heterocycles. The van der Waals surface area contributed by atoms with Crippen LogP contribution in [0.1, 0.15) is 36.7 Å². The number of Topliss-reactive ketones (excluding diaryl/α,β-unsaturated/α-hetero) is 1. The van der Waals surface area contributed by atoms with Crippen molar-refractivity contribution in [1.29, 1.82) is 0 Å². The van der Waals surface area contributed by atoms with E-state index < -0.39 is 5.41 Å². The molecule has 0 radical (unpaired) electrons. The fourth-order valence-corrected chi connectivity index (χ4v) is 3.40. The number of rotatable bonds is 3. The number of hydrogen-bond acceptors (Lipinski definition) is 5. The molecule has 1 aliphatic rings. The summed E-state index contributed by atoms with van der Waals surface area (Å²) < 4.78 is 0. The minimum absolute atomic E-state index is 0.0658. The zero-order valence-electron chi connectivity index (χ0n) is 14.6. The maximum Gasteiger partial charge on any atom is 0.159 e. The predicted molar refractivity (Wildman–Crippen MR) is 96.1 cm³/mol. The van der Waals surface area contributed by atoms with Gasteiger partial charge in [-0.15, -0.1) is 0 Å². The summed E-state index contributed by atoms with van der Waals surface area (Å²) in [6, 6.07) is 6.77. The third kappa shape index (κ3) is 2.64. The summed E-state index contributed by atoms with van der Waals surface area (Å²) in [5.74, 6) is 0.0614. The van der Waals surface area contributed by atoms with E-state index in [1.165, 1.54) is 6.92 Å². The summed E-state index contributed by atoms with van der Waals surface area (Å²) in [7, 11) is 1.85. The first-order valence-electron chi connectivity index (χ1n) is 8.17. The molecule has 0 unspecified atom stereocenters. The van der Waals surface area contributed by atoms with Crippen LogP contribution in [0.15, 0.2) is 24.3 Å². The smallest absolute Gasteiger partial charge is 0.159 e. The SMILES string of the molecule is CC.CC(=O)c1ccc2c(O)cc3c(c2c1)C(CO)(CO)CN3C. The largest absolute Gasteiger partial charge is 0.507 e. The van der Waals surface area contributed by atoms with Crippen molar-refractivity contribution in [2.45, 2.75) is 26.2 Å². The predicted octanol–water partition coefficient (Wildman–Crippen LogP) is 2.45. The van der Waals surface area contributed by atoms with Crippen LogP contribution in [0.4, 0.5) is 5.69 Å². The van der Waals surface area contributed by atoms with Gasteiger partial charge >= 0.3 is 0 Å². The Morgan fingerprint density at radius 1 is 1.17 bits per heavy atom. The van der Waals surface area contributed by atoms with E-state index >= 15 is 0 Å². The second-order valence-corrected chi connectivity index (χ2v) is 6.06. The highest BCUT2D eigenvalue weighted by atomic mass is 16.3. The van der Waals surface area contributed by atoms with Gasteiger partial charge in [-0.3, -0.25) is 4.79 Å². The number of carbonyl (C=O) groups excluding carboxylic acids is 1. The zero-order valence-corrected chi connectivity index (χ0v) is 14.6. The maximum absolute atomic E-state index is 11.7. The summed E-state index contributed by atoms with van der Waals surface area (Å²) in [6.07, 6.45) is 0. The van der Waals surface area contributed by atoms with Crippen LogP contribution in [-0.4, -0.2) is 47.9 Å². The zero-order chi connectivity index (χ0) is 18.1. The summed E-state index contributed by atoms with van der Waals surface area (Å²) in [5.41, 5.74) is 1.30. The number of ketones is 1. The van der Waals surface area contributed by atoms with Gasteiger partial charge in [-0.25, -0.2) is 0 Å². The van der Waals surface area contributed by atoms with E-state index in [9.17, 15) is 20.1 Å². The molecule has 0 fully saturated rings. The van der Waals surface area contributed by atoms with Crippen molar-refractivity contribution in [3.8, 4) is 5.75 Å². The van der Waals surface area contributed by atoms with Gasteiger partial charge in [0, 0.05) is 36.3 Å². The molecule has 0 amide bonds. The van der Waals surface area contributed by atoms with Crippen molar-refractivity contribution in [3.05, 3.63) is 35.4 Å². The third-order valence-electron chi connectivity index (χ3n) is 4.59. The molecule has 5 nitrogen and oxygen atoms in total. The Morgan fingerprint density at radius 3 is 2.33 bits per heavy atom. The molecular weight excluding hydrogens is 306 g/mol. The molecule has 0 atom stereocenters. The van der Waals surface area contributed by atoms with Gasteiger partial charge in [0.2, 0.25) is 0 Å². The first-order chi connectivity index (χ1) is 11.4. The minimum Gasteiger partial charge on any atom is -0.507 e. The minimum atomic E-state index is -0.800. The Kier molecular flexibility index (Phi) is 5.16. The molecule has 3 rings (SSSR count). The number of nitrogens with zero attached hydrogens (tertiary/aromatic N) is 1. The van der Waals surface area contributed by atoms with Crippen LogP contribution >= 0.6 is 0 Å². The number of benzene rings is 2. The van der Waals surface area contributed by atoms with Gasteiger partial charge in [0.25, 0.3) is 0 Å². The summed E-state index contributed by atoms with van der Waals surface area (Å²) in [4.78, 5) is 13.6. The van der Waals surface area contributed by atoms with Gasteiger partial charge in [-0.05, 0) is 30.0 Å². The van der Waals surface area contributed by atoms with Crippen LogP contribution in [-0.2, 0) is 5.41 Å².